The number of carbonyl (C=O) groups excluding carboxylic acids is 1. The molecule has 3 rings (SSSR count). The first-order chi connectivity index (χ1) is 10.8. The summed E-state index contributed by atoms with van der Waals surface area (Å²) in [5, 5.41) is 6.63. The zero-order valence-corrected chi connectivity index (χ0v) is 12.4. The molecule has 0 saturated carbocycles. The molecule has 2 aromatic rings. The average Bonchev–Trinajstić information content (AvgIpc) is 3.25. The standard InChI is InChI=1S/C15H19N3O4/c1-20-10-12-4-5-14(22-12)13-3-2-7-18(13)15(19)16-9-11-6-8-21-17-11/h4-6,8,13H,2-3,7,9-10H2,1H3,(H,16,19)/t13-/m0/s1. The van der Waals surface area contributed by atoms with Crippen molar-refractivity contribution in [3.63, 3.8) is 0 Å². The molecule has 22 heavy (non-hydrogen) atoms. The van der Waals surface area contributed by atoms with Crippen LogP contribution in [0.25, 0.3) is 0 Å². The molecule has 1 N–H and O–H groups in total. The SMILES string of the molecule is COCc1ccc([C@@H]2CCCN2C(=O)NCc2ccon2)o1. The van der Waals surface area contributed by atoms with Crippen molar-refractivity contribution < 1.29 is 18.5 Å². The van der Waals surface area contributed by atoms with Crippen LogP contribution in [0.1, 0.15) is 36.1 Å². The van der Waals surface area contributed by atoms with Crippen molar-refractivity contribution in [1.29, 1.82) is 0 Å². The molecule has 3 heterocycles. The lowest BCUT2D eigenvalue weighted by atomic mass is 10.2. The Bertz CT molecular complexity index is 608. The highest BCUT2D eigenvalue weighted by molar-refractivity contribution is 5.75. The molecule has 0 bridgehead atoms. The molecule has 1 aliphatic rings. The van der Waals surface area contributed by atoms with E-state index in [9.17, 15) is 4.79 Å². The molecule has 2 amide bonds. The first-order valence-electron chi connectivity index (χ1n) is 7.29. The Balaban J connectivity index is 1.62. The largest absolute Gasteiger partial charge is 0.461 e. The Hall–Kier alpha value is -2.28. The Morgan fingerprint density at radius 3 is 3.18 bits per heavy atom. The van der Waals surface area contributed by atoms with Crippen molar-refractivity contribution in [2.45, 2.75) is 32.0 Å². The monoisotopic (exact) mass is 305 g/mol. The molecular formula is C15H19N3O4. The first kappa shape index (κ1) is 14.6. The summed E-state index contributed by atoms with van der Waals surface area (Å²) in [5.74, 6) is 1.58. The number of ether oxygens (including phenoxy) is 1. The van der Waals surface area contributed by atoms with E-state index in [4.69, 9.17) is 13.7 Å². The lowest BCUT2D eigenvalue weighted by molar-refractivity contribution is 0.156. The van der Waals surface area contributed by atoms with Gasteiger partial charge in [-0.05, 0) is 25.0 Å². The van der Waals surface area contributed by atoms with Gasteiger partial charge in [-0.1, -0.05) is 5.16 Å². The molecule has 118 valence electrons. The van der Waals surface area contributed by atoms with Gasteiger partial charge in [-0.2, -0.15) is 0 Å². The number of methoxy groups -OCH3 is 1. The van der Waals surface area contributed by atoms with Crippen molar-refractivity contribution in [2.75, 3.05) is 13.7 Å². The zero-order valence-electron chi connectivity index (χ0n) is 12.4. The molecule has 7 nitrogen and oxygen atoms in total. The zero-order chi connectivity index (χ0) is 15.4. The maximum Gasteiger partial charge on any atom is 0.318 e. The van der Waals surface area contributed by atoms with E-state index in [2.05, 4.69) is 10.5 Å². The van der Waals surface area contributed by atoms with Gasteiger partial charge in [-0.25, -0.2) is 4.79 Å². The second kappa shape index (κ2) is 6.65. The molecule has 0 spiro atoms. The van der Waals surface area contributed by atoms with Crippen LogP contribution >= 0.6 is 0 Å². The van der Waals surface area contributed by atoms with Crippen LogP contribution in [-0.2, 0) is 17.9 Å². The van der Waals surface area contributed by atoms with Gasteiger partial charge in [0.2, 0.25) is 0 Å². The predicted molar refractivity (Wildman–Crippen MR) is 76.8 cm³/mol. The lowest BCUT2D eigenvalue weighted by Crippen LogP contribution is -2.39. The summed E-state index contributed by atoms with van der Waals surface area (Å²) in [5.41, 5.74) is 0.699. The molecule has 1 fully saturated rings. The van der Waals surface area contributed by atoms with E-state index >= 15 is 0 Å². The van der Waals surface area contributed by atoms with Gasteiger partial charge in [0.1, 0.15) is 30.1 Å². The van der Waals surface area contributed by atoms with E-state index in [0.717, 1.165) is 30.9 Å². The molecule has 0 radical (unpaired) electrons. The third-order valence-corrected chi connectivity index (χ3v) is 3.72. The van der Waals surface area contributed by atoms with Gasteiger partial charge in [0.15, 0.2) is 0 Å². The van der Waals surface area contributed by atoms with Gasteiger partial charge in [0.05, 0.1) is 12.6 Å². The Morgan fingerprint density at radius 2 is 2.41 bits per heavy atom. The van der Waals surface area contributed by atoms with Gasteiger partial charge >= 0.3 is 6.03 Å². The minimum atomic E-state index is -0.116. The smallest absolute Gasteiger partial charge is 0.318 e. The summed E-state index contributed by atoms with van der Waals surface area (Å²) >= 11 is 0. The summed E-state index contributed by atoms with van der Waals surface area (Å²) in [6, 6.07) is 5.40. The third kappa shape index (κ3) is 3.14. The van der Waals surface area contributed by atoms with E-state index < -0.39 is 0 Å². The number of urea groups is 1. The maximum absolute atomic E-state index is 12.3. The fraction of sp³-hybridized carbons (Fsp3) is 0.467. The van der Waals surface area contributed by atoms with Crippen LogP contribution in [0.3, 0.4) is 0 Å². The minimum absolute atomic E-state index is 0.0251. The van der Waals surface area contributed by atoms with Gasteiger partial charge in [0, 0.05) is 19.7 Å². The van der Waals surface area contributed by atoms with E-state index in [-0.39, 0.29) is 12.1 Å². The van der Waals surface area contributed by atoms with Crippen molar-refractivity contribution in [1.82, 2.24) is 15.4 Å². The van der Waals surface area contributed by atoms with E-state index in [1.54, 1.807) is 18.1 Å². The van der Waals surface area contributed by atoms with Crippen molar-refractivity contribution in [2.24, 2.45) is 0 Å². The minimum Gasteiger partial charge on any atom is -0.461 e. The number of furan rings is 1. The van der Waals surface area contributed by atoms with Crippen LogP contribution in [0.2, 0.25) is 0 Å². The van der Waals surface area contributed by atoms with Crippen LogP contribution < -0.4 is 5.32 Å². The van der Waals surface area contributed by atoms with E-state index in [0.29, 0.717) is 18.8 Å². The maximum atomic E-state index is 12.3. The van der Waals surface area contributed by atoms with Gasteiger partial charge in [0.25, 0.3) is 0 Å². The highest BCUT2D eigenvalue weighted by Gasteiger charge is 2.32. The predicted octanol–water partition coefficient (Wildman–Crippen LogP) is 2.46. The van der Waals surface area contributed by atoms with Crippen LogP contribution in [0.15, 0.2) is 33.4 Å². The number of carbonyl (C=O) groups is 1. The highest BCUT2D eigenvalue weighted by atomic mass is 16.5. The second-order valence-electron chi connectivity index (χ2n) is 5.24. The average molecular weight is 305 g/mol. The van der Waals surface area contributed by atoms with Crippen LogP contribution in [-0.4, -0.2) is 29.7 Å². The van der Waals surface area contributed by atoms with Crippen molar-refractivity contribution in [3.8, 4) is 0 Å². The van der Waals surface area contributed by atoms with Gasteiger partial charge in [-0.3, -0.25) is 0 Å². The molecule has 7 heteroatoms. The summed E-state index contributed by atoms with van der Waals surface area (Å²) in [4.78, 5) is 14.1. The number of amides is 2. The Kier molecular flexibility index (Phi) is 4.43. The van der Waals surface area contributed by atoms with E-state index in [1.807, 2.05) is 12.1 Å². The summed E-state index contributed by atoms with van der Waals surface area (Å²) in [6.45, 7) is 1.51. The number of nitrogens with zero attached hydrogens (tertiary/aromatic N) is 2. The number of hydrogen-bond acceptors (Lipinski definition) is 5. The van der Waals surface area contributed by atoms with Crippen molar-refractivity contribution >= 4 is 6.03 Å². The fourth-order valence-corrected chi connectivity index (χ4v) is 2.70. The quantitative estimate of drug-likeness (QED) is 0.917. The first-order valence-corrected chi connectivity index (χ1v) is 7.29. The summed E-state index contributed by atoms with van der Waals surface area (Å²) in [6.07, 6.45) is 3.35. The summed E-state index contributed by atoms with van der Waals surface area (Å²) in [7, 11) is 1.63. The number of rotatable bonds is 5. The van der Waals surface area contributed by atoms with Crippen LogP contribution in [0.5, 0.6) is 0 Å². The molecule has 0 aliphatic carbocycles. The van der Waals surface area contributed by atoms with E-state index in [1.165, 1.54) is 6.26 Å². The Labute approximate surface area is 128 Å². The number of likely N-dealkylation sites (tertiary alicyclic amines) is 1. The second-order valence-corrected chi connectivity index (χ2v) is 5.24. The highest BCUT2D eigenvalue weighted by Crippen LogP contribution is 2.33. The molecule has 1 aliphatic heterocycles. The number of aromatic nitrogens is 1. The third-order valence-electron chi connectivity index (χ3n) is 3.72. The normalized spacial score (nSPS) is 17.9. The Morgan fingerprint density at radius 1 is 1.50 bits per heavy atom. The molecule has 0 aromatic carbocycles. The van der Waals surface area contributed by atoms with Gasteiger partial charge < -0.3 is 23.9 Å². The molecular weight excluding hydrogens is 286 g/mol. The number of hydrogen-bond donors (Lipinski definition) is 1. The molecule has 2 aromatic heterocycles. The fourth-order valence-electron chi connectivity index (χ4n) is 2.70. The number of nitrogens with one attached hydrogen (secondary N) is 1. The molecule has 1 saturated heterocycles. The topological polar surface area (TPSA) is 80.7 Å². The lowest BCUT2D eigenvalue weighted by Gasteiger charge is -2.23. The summed E-state index contributed by atoms with van der Waals surface area (Å²) < 4.78 is 15.6. The van der Waals surface area contributed by atoms with Crippen molar-refractivity contribution in [3.05, 3.63) is 41.7 Å². The van der Waals surface area contributed by atoms with Crippen LogP contribution in [0.4, 0.5) is 4.79 Å². The van der Waals surface area contributed by atoms with Crippen LogP contribution in [0, 0.1) is 0 Å². The molecule has 0 unspecified atom stereocenters. The molecule has 1 atom stereocenters. The van der Waals surface area contributed by atoms with Gasteiger partial charge in [-0.15, -0.1) is 0 Å².